The summed E-state index contributed by atoms with van der Waals surface area (Å²) in [7, 11) is -3.14. The standard InChI is InChI=1S/C13H13F2NO4S/c14-10-7-9(1-2-12(17)18)8-11(15)13(10)16-3-5-21(19,20)6-4-16/h1-2,7-8H,3-6H2,(H,17,18). The number of hydrogen-bond donors (Lipinski definition) is 1. The van der Waals surface area contributed by atoms with Crippen LogP contribution in [0, 0.1) is 11.6 Å². The van der Waals surface area contributed by atoms with Crippen LogP contribution in [0.4, 0.5) is 14.5 Å². The largest absolute Gasteiger partial charge is 0.478 e. The highest BCUT2D eigenvalue weighted by Gasteiger charge is 2.25. The predicted molar refractivity (Wildman–Crippen MR) is 73.9 cm³/mol. The van der Waals surface area contributed by atoms with Crippen LogP contribution in [0.15, 0.2) is 18.2 Å². The van der Waals surface area contributed by atoms with Gasteiger partial charge in [-0.25, -0.2) is 22.0 Å². The van der Waals surface area contributed by atoms with Gasteiger partial charge in [-0.3, -0.25) is 0 Å². The summed E-state index contributed by atoms with van der Waals surface area (Å²) >= 11 is 0. The van der Waals surface area contributed by atoms with Crippen molar-refractivity contribution in [2.75, 3.05) is 29.5 Å². The van der Waals surface area contributed by atoms with Gasteiger partial charge >= 0.3 is 5.97 Å². The van der Waals surface area contributed by atoms with E-state index in [-0.39, 0.29) is 35.8 Å². The van der Waals surface area contributed by atoms with Crippen LogP contribution < -0.4 is 4.90 Å². The van der Waals surface area contributed by atoms with E-state index in [4.69, 9.17) is 5.11 Å². The van der Waals surface area contributed by atoms with E-state index in [1.807, 2.05) is 0 Å². The van der Waals surface area contributed by atoms with Gasteiger partial charge in [-0.05, 0) is 23.8 Å². The van der Waals surface area contributed by atoms with Gasteiger partial charge in [0.2, 0.25) is 0 Å². The van der Waals surface area contributed by atoms with Crippen molar-refractivity contribution >= 4 is 27.6 Å². The Morgan fingerprint density at radius 1 is 1.19 bits per heavy atom. The predicted octanol–water partition coefficient (Wildman–Crippen LogP) is 1.30. The van der Waals surface area contributed by atoms with Crippen LogP contribution in [-0.4, -0.2) is 44.1 Å². The second-order valence-corrected chi connectivity index (χ2v) is 6.95. The number of anilines is 1. The lowest BCUT2D eigenvalue weighted by Gasteiger charge is -2.29. The number of nitrogens with zero attached hydrogens (tertiary/aromatic N) is 1. The summed E-state index contributed by atoms with van der Waals surface area (Å²) in [5.74, 6) is -3.21. The first-order valence-electron chi connectivity index (χ1n) is 6.14. The molecule has 1 aliphatic heterocycles. The number of hydrogen-bond acceptors (Lipinski definition) is 4. The first-order chi connectivity index (χ1) is 9.78. The highest BCUT2D eigenvalue weighted by molar-refractivity contribution is 7.91. The lowest BCUT2D eigenvalue weighted by molar-refractivity contribution is -0.131. The number of carboxylic acid groups (broad SMARTS) is 1. The Balaban J connectivity index is 2.28. The van der Waals surface area contributed by atoms with E-state index in [2.05, 4.69) is 0 Å². The van der Waals surface area contributed by atoms with E-state index in [1.165, 1.54) is 4.90 Å². The molecule has 5 nitrogen and oxygen atoms in total. The van der Waals surface area contributed by atoms with Crippen molar-refractivity contribution < 1.29 is 27.1 Å². The van der Waals surface area contributed by atoms with Crippen LogP contribution in [0.2, 0.25) is 0 Å². The Labute approximate surface area is 120 Å². The lowest BCUT2D eigenvalue weighted by atomic mass is 10.1. The van der Waals surface area contributed by atoms with E-state index < -0.39 is 27.4 Å². The van der Waals surface area contributed by atoms with Gasteiger partial charge in [0.1, 0.15) is 17.3 Å². The average Bonchev–Trinajstić information content (AvgIpc) is 2.37. The Morgan fingerprint density at radius 2 is 1.71 bits per heavy atom. The molecule has 114 valence electrons. The number of halogens is 2. The van der Waals surface area contributed by atoms with Crippen molar-refractivity contribution in [2.45, 2.75) is 0 Å². The molecule has 1 aromatic carbocycles. The molecule has 1 saturated heterocycles. The minimum atomic E-state index is -3.14. The Kier molecular flexibility index (Phi) is 4.26. The molecular weight excluding hydrogens is 304 g/mol. The third kappa shape index (κ3) is 3.78. The summed E-state index contributed by atoms with van der Waals surface area (Å²) in [4.78, 5) is 11.7. The van der Waals surface area contributed by atoms with E-state index in [0.29, 0.717) is 0 Å². The fourth-order valence-electron chi connectivity index (χ4n) is 2.09. The maximum absolute atomic E-state index is 14.0. The number of rotatable bonds is 3. The van der Waals surface area contributed by atoms with Crippen LogP contribution in [0.3, 0.4) is 0 Å². The van der Waals surface area contributed by atoms with Crippen LogP contribution >= 0.6 is 0 Å². The van der Waals surface area contributed by atoms with Crippen molar-refractivity contribution in [1.82, 2.24) is 0 Å². The Hall–Kier alpha value is -1.96. The van der Waals surface area contributed by atoms with Gasteiger partial charge in [0.15, 0.2) is 9.84 Å². The minimum Gasteiger partial charge on any atom is -0.478 e. The summed E-state index contributed by atoms with van der Waals surface area (Å²) in [6, 6.07) is 2.03. The van der Waals surface area contributed by atoms with Crippen LogP contribution in [0.1, 0.15) is 5.56 Å². The van der Waals surface area contributed by atoms with Crippen molar-refractivity contribution in [3.8, 4) is 0 Å². The number of aliphatic carboxylic acids is 1. The molecule has 0 saturated carbocycles. The number of carbonyl (C=O) groups is 1. The fraction of sp³-hybridized carbons (Fsp3) is 0.308. The van der Waals surface area contributed by atoms with Gasteiger partial charge in [0.05, 0.1) is 11.5 Å². The lowest BCUT2D eigenvalue weighted by Crippen LogP contribution is -2.41. The summed E-state index contributed by atoms with van der Waals surface area (Å²) in [6.45, 7) is 0.0565. The zero-order chi connectivity index (χ0) is 15.6. The molecule has 0 bridgehead atoms. The Morgan fingerprint density at radius 3 is 2.19 bits per heavy atom. The SMILES string of the molecule is O=C(O)C=Cc1cc(F)c(N2CCS(=O)(=O)CC2)c(F)c1. The molecule has 0 radical (unpaired) electrons. The van der Waals surface area contributed by atoms with Gasteiger partial charge in [-0.2, -0.15) is 0 Å². The summed E-state index contributed by atoms with van der Waals surface area (Å²) in [6.07, 6.45) is 1.86. The zero-order valence-electron chi connectivity index (χ0n) is 10.9. The minimum absolute atomic E-state index is 0.0283. The molecule has 1 heterocycles. The number of sulfone groups is 1. The molecule has 21 heavy (non-hydrogen) atoms. The molecule has 8 heteroatoms. The van der Waals surface area contributed by atoms with Gasteiger partial charge < -0.3 is 10.0 Å². The van der Waals surface area contributed by atoms with Crippen molar-refractivity contribution in [2.24, 2.45) is 0 Å². The van der Waals surface area contributed by atoms with E-state index in [0.717, 1.165) is 24.3 Å². The topological polar surface area (TPSA) is 74.7 Å². The zero-order valence-corrected chi connectivity index (χ0v) is 11.7. The summed E-state index contributed by atoms with van der Waals surface area (Å²) < 4.78 is 50.6. The van der Waals surface area contributed by atoms with Crippen molar-refractivity contribution in [3.63, 3.8) is 0 Å². The number of benzene rings is 1. The normalized spacial score (nSPS) is 18.1. The second-order valence-electron chi connectivity index (χ2n) is 4.64. The molecule has 1 aliphatic rings. The highest BCUT2D eigenvalue weighted by Crippen LogP contribution is 2.27. The quantitative estimate of drug-likeness (QED) is 0.851. The molecule has 0 atom stereocenters. The molecule has 0 spiro atoms. The van der Waals surface area contributed by atoms with Gasteiger partial charge in [-0.15, -0.1) is 0 Å². The maximum Gasteiger partial charge on any atom is 0.328 e. The molecule has 1 N–H and O–H groups in total. The third-order valence-electron chi connectivity index (χ3n) is 3.12. The summed E-state index contributed by atoms with van der Waals surface area (Å²) in [5, 5.41) is 8.48. The third-order valence-corrected chi connectivity index (χ3v) is 4.73. The fourth-order valence-corrected chi connectivity index (χ4v) is 3.29. The smallest absolute Gasteiger partial charge is 0.328 e. The van der Waals surface area contributed by atoms with E-state index in [9.17, 15) is 22.0 Å². The first-order valence-corrected chi connectivity index (χ1v) is 7.96. The van der Waals surface area contributed by atoms with Gasteiger partial charge in [-0.1, -0.05) is 0 Å². The molecule has 0 unspecified atom stereocenters. The van der Waals surface area contributed by atoms with E-state index >= 15 is 0 Å². The average molecular weight is 317 g/mol. The monoisotopic (exact) mass is 317 g/mol. The molecule has 0 amide bonds. The molecule has 0 aromatic heterocycles. The molecule has 0 aliphatic carbocycles. The summed E-state index contributed by atoms with van der Waals surface area (Å²) in [5.41, 5.74) is -0.196. The molecule has 1 fully saturated rings. The van der Waals surface area contributed by atoms with Gasteiger partial charge in [0.25, 0.3) is 0 Å². The number of carboxylic acids is 1. The molecule has 2 rings (SSSR count). The van der Waals surface area contributed by atoms with Crippen LogP contribution in [0.25, 0.3) is 6.08 Å². The molecular formula is C13H13F2NO4S. The Bertz CT molecular complexity index is 663. The van der Waals surface area contributed by atoms with Crippen molar-refractivity contribution in [3.05, 3.63) is 35.4 Å². The second kappa shape index (κ2) is 5.80. The van der Waals surface area contributed by atoms with Crippen LogP contribution in [-0.2, 0) is 14.6 Å². The highest BCUT2D eigenvalue weighted by atomic mass is 32.2. The van der Waals surface area contributed by atoms with E-state index in [1.54, 1.807) is 0 Å². The first kappa shape index (κ1) is 15.4. The van der Waals surface area contributed by atoms with Gasteiger partial charge in [0, 0.05) is 19.2 Å². The van der Waals surface area contributed by atoms with Crippen molar-refractivity contribution in [1.29, 1.82) is 0 Å². The van der Waals surface area contributed by atoms with Crippen LogP contribution in [0.5, 0.6) is 0 Å². The maximum atomic E-state index is 14.0. The molecule has 1 aromatic rings.